The monoisotopic (exact) mass is 381 g/mol. The highest BCUT2D eigenvalue weighted by atomic mass is 35.5. The van der Waals surface area contributed by atoms with Crippen LogP contribution in [0.2, 0.25) is 5.02 Å². The predicted octanol–water partition coefficient (Wildman–Crippen LogP) is 3.62. The third-order valence-electron chi connectivity index (χ3n) is 4.72. The average molecular weight is 382 g/mol. The van der Waals surface area contributed by atoms with Crippen molar-refractivity contribution >= 4 is 39.4 Å². The zero-order valence-electron chi connectivity index (χ0n) is 15.5. The van der Waals surface area contributed by atoms with Crippen LogP contribution >= 0.6 is 11.6 Å². The number of amides is 1. The molecule has 0 spiro atoms. The van der Waals surface area contributed by atoms with Crippen LogP contribution in [0.3, 0.4) is 0 Å². The van der Waals surface area contributed by atoms with Gasteiger partial charge in [0.15, 0.2) is 5.65 Å². The van der Waals surface area contributed by atoms with Gasteiger partial charge in [0.2, 0.25) is 0 Å². The molecule has 0 bridgehead atoms. The second kappa shape index (κ2) is 6.70. The minimum atomic E-state index is -0.115. The summed E-state index contributed by atoms with van der Waals surface area (Å²) in [4.78, 5) is 17.3. The molecular formula is C20H20ClN5O. The van der Waals surface area contributed by atoms with Gasteiger partial charge in [-0.15, -0.1) is 0 Å². The number of hydrogen-bond acceptors (Lipinski definition) is 3. The van der Waals surface area contributed by atoms with E-state index in [1.54, 1.807) is 4.68 Å². The molecule has 0 saturated heterocycles. The smallest absolute Gasteiger partial charge is 0.252 e. The topological polar surface area (TPSA) is 64.7 Å². The number of halogens is 1. The van der Waals surface area contributed by atoms with Gasteiger partial charge in [0.05, 0.1) is 16.6 Å². The highest BCUT2D eigenvalue weighted by Crippen LogP contribution is 2.22. The van der Waals surface area contributed by atoms with Gasteiger partial charge in [-0.2, -0.15) is 5.10 Å². The summed E-state index contributed by atoms with van der Waals surface area (Å²) < 4.78 is 3.80. The number of fused-ring (bicyclic) bond motifs is 2. The van der Waals surface area contributed by atoms with Gasteiger partial charge < -0.3 is 9.88 Å². The molecule has 0 saturated carbocycles. The van der Waals surface area contributed by atoms with Gasteiger partial charge in [0.25, 0.3) is 5.91 Å². The fraction of sp³-hybridized carbons (Fsp3) is 0.250. The quantitative estimate of drug-likeness (QED) is 0.587. The Balaban J connectivity index is 1.55. The number of carbonyl (C=O) groups is 1. The van der Waals surface area contributed by atoms with E-state index in [1.165, 1.54) is 0 Å². The fourth-order valence-electron chi connectivity index (χ4n) is 3.49. The Morgan fingerprint density at radius 2 is 2.04 bits per heavy atom. The second-order valence-electron chi connectivity index (χ2n) is 6.69. The number of nitrogens with one attached hydrogen (secondary N) is 1. The molecule has 0 atom stereocenters. The van der Waals surface area contributed by atoms with Crippen molar-refractivity contribution in [1.29, 1.82) is 0 Å². The van der Waals surface area contributed by atoms with Crippen molar-refractivity contribution < 1.29 is 4.79 Å². The van der Waals surface area contributed by atoms with Gasteiger partial charge in [-0.1, -0.05) is 17.7 Å². The van der Waals surface area contributed by atoms with E-state index in [9.17, 15) is 4.79 Å². The van der Waals surface area contributed by atoms with Crippen LogP contribution in [0.1, 0.15) is 21.7 Å². The van der Waals surface area contributed by atoms with E-state index in [2.05, 4.69) is 20.0 Å². The van der Waals surface area contributed by atoms with Crippen LogP contribution < -0.4 is 5.32 Å². The highest BCUT2D eigenvalue weighted by molar-refractivity contribution is 6.31. The van der Waals surface area contributed by atoms with E-state index in [0.29, 0.717) is 23.7 Å². The Morgan fingerprint density at radius 3 is 2.85 bits per heavy atom. The van der Waals surface area contributed by atoms with Crippen LogP contribution in [-0.4, -0.2) is 31.8 Å². The normalized spacial score (nSPS) is 11.4. The summed E-state index contributed by atoms with van der Waals surface area (Å²) >= 11 is 6.10. The number of hydrogen-bond donors (Lipinski definition) is 1. The first-order valence-electron chi connectivity index (χ1n) is 8.77. The second-order valence-corrected chi connectivity index (χ2v) is 7.12. The number of aryl methyl sites for hydroxylation is 3. The van der Waals surface area contributed by atoms with Crippen LogP contribution in [-0.2, 0) is 13.6 Å². The molecular weight excluding hydrogens is 362 g/mol. The van der Waals surface area contributed by atoms with E-state index in [1.807, 2.05) is 57.4 Å². The molecule has 0 aliphatic heterocycles. The summed E-state index contributed by atoms with van der Waals surface area (Å²) in [6.45, 7) is 4.95. The molecule has 0 aliphatic rings. The Morgan fingerprint density at radius 1 is 1.22 bits per heavy atom. The lowest BCUT2D eigenvalue weighted by molar-refractivity contribution is 0.0954. The van der Waals surface area contributed by atoms with Gasteiger partial charge in [0.1, 0.15) is 0 Å². The van der Waals surface area contributed by atoms with E-state index >= 15 is 0 Å². The lowest BCUT2D eigenvalue weighted by Crippen LogP contribution is -2.27. The lowest BCUT2D eigenvalue weighted by Gasteiger charge is -2.09. The Hall–Kier alpha value is -2.86. The molecule has 7 heteroatoms. The molecule has 1 aromatic carbocycles. The first-order chi connectivity index (χ1) is 12.9. The summed E-state index contributed by atoms with van der Waals surface area (Å²) in [5.41, 5.74) is 3.99. The maximum atomic E-state index is 12.8. The Labute approximate surface area is 161 Å². The molecule has 6 nitrogen and oxygen atoms in total. The molecule has 0 aliphatic carbocycles. The Kier molecular flexibility index (Phi) is 4.36. The van der Waals surface area contributed by atoms with Crippen molar-refractivity contribution in [2.75, 3.05) is 6.54 Å². The largest absolute Gasteiger partial charge is 0.350 e. The van der Waals surface area contributed by atoms with Crippen molar-refractivity contribution in [3.05, 3.63) is 58.5 Å². The number of carbonyl (C=O) groups excluding carboxylic acids is 1. The SMILES string of the molecule is Cc1cc(C(=O)NCCn2ccc3ccc(Cl)cc32)c2c(C)nn(C)c2n1. The molecule has 0 unspecified atom stereocenters. The standard InChI is InChI=1S/C20H20ClN5O/c1-12-10-16(18-13(2)24-25(3)19(18)23-12)20(27)22-7-9-26-8-6-14-4-5-15(21)11-17(14)26/h4-6,8,10-11H,7,9H2,1-3H3,(H,22,27). The van der Waals surface area contributed by atoms with Crippen LogP contribution in [0, 0.1) is 13.8 Å². The fourth-order valence-corrected chi connectivity index (χ4v) is 3.65. The average Bonchev–Trinajstić information content (AvgIpc) is 3.15. The summed E-state index contributed by atoms with van der Waals surface area (Å²) in [5.74, 6) is -0.115. The number of pyridine rings is 1. The van der Waals surface area contributed by atoms with E-state index < -0.39 is 0 Å². The maximum Gasteiger partial charge on any atom is 0.252 e. The van der Waals surface area contributed by atoms with Gasteiger partial charge in [-0.05, 0) is 43.5 Å². The van der Waals surface area contributed by atoms with Crippen LogP contribution in [0.25, 0.3) is 21.9 Å². The summed E-state index contributed by atoms with van der Waals surface area (Å²) in [6, 6.07) is 9.67. The van der Waals surface area contributed by atoms with Gasteiger partial charge in [-0.3, -0.25) is 9.48 Å². The third-order valence-corrected chi connectivity index (χ3v) is 4.95. The molecule has 1 amide bonds. The van der Waals surface area contributed by atoms with Crippen molar-refractivity contribution in [2.24, 2.45) is 7.05 Å². The third kappa shape index (κ3) is 3.17. The lowest BCUT2D eigenvalue weighted by atomic mass is 10.1. The van der Waals surface area contributed by atoms with Crippen LogP contribution in [0.5, 0.6) is 0 Å². The molecule has 3 heterocycles. The van der Waals surface area contributed by atoms with Crippen molar-refractivity contribution in [3.63, 3.8) is 0 Å². The minimum Gasteiger partial charge on any atom is -0.350 e. The number of benzene rings is 1. The molecule has 4 aromatic rings. The number of aromatic nitrogens is 4. The first kappa shape index (κ1) is 17.5. The van der Waals surface area contributed by atoms with E-state index in [-0.39, 0.29) is 5.91 Å². The first-order valence-corrected chi connectivity index (χ1v) is 9.15. The molecule has 3 aromatic heterocycles. The zero-order chi connectivity index (χ0) is 19.1. The summed E-state index contributed by atoms with van der Waals surface area (Å²) in [7, 11) is 1.84. The summed E-state index contributed by atoms with van der Waals surface area (Å²) in [6.07, 6.45) is 2.01. The van der Waals surface area contributed by atoms with Crippen molar-refractivity contribution in [1.82, 2.24) is 24.6 Å². The van der Waals surface area contributed by atoms with Crippen LogP contribution in [0.4, 0.5) is 0 Å². The zero-order valence-corrected chi connectivity index (χ0v) is 16.2. The number of nitrogens with zero attached hydrogens (tertiary/aromatic N) is 4. The van der Waals surface area contributed by atoms with Crippen LogP contribution in [0.15, 0.2) is 36.5 Å². The van der Waals surface area contributed by atoms with Gasteiger partial charge in [-0.25, -0.2) is 4.98 Å². The molecule has 0 fully saturated rings. The predicted molar refractivity (Wildman–Crippen MR) is 107 cm³/mol. The maximum absolute atomic E-state index is 12.8. The van der Waals surface area contributed by atoms with E-state index in [4.69, 9.17) is 11.6 Å². The summed E-state index contributed by atoms with van der Waals surface area (Å²) in [5, 5.41) is 10.0. The molecule has 1 N–H and O–H groups in total. The highest BCUT2D eigenvalue weighted by Gasteiger charge is 2.17. The van der Waals surface area contributed by atoms with Crippen molar-refractivity contribution in [3.8, 4) is 0 Å². The minimum absolute atomic E-state index is 0.115. The molecule has 27 heavy (non-hydrogen) atoms. The van der Waals surface area contributed by atoms with Gasteiger partial charge >= 0.3 is 0 Å². The van der Waals surface area contributed by atoms with E-state index in [0.717, 1.165) is 33.3 Å². The molecule has 4 rings (SSSR count). The molecule has 138 valence electrons. The van der Waals surface area contributed by atoms with Gasteiger partial charge in [0, 0.05) is 42.6 Å². The Bertz CT molecular complexity index is 1170. The van der Waals surface area contributed by atoms with Crippen molar-refractivity contribution in [2.45, 2.75) is 20.4 Å². The number of rotatable bonds is 4. The molecule has 0 radical (unpaired) electrons.